The summed E-state index contributed by atoms with van der Waals surface area (Å²) in [4.78, 5) is 16.4. The fourth-order valence-corrected chi connectivity index (χ4v) is 2.27. The van der Waals surface area contributed by atoms with Crippen molar-refractivity contribution in [2.24, 2.45) is 0 Å². The van der Waals surface area contributed by atoms with Gasteiger partial charge in [-0.25, -0.2) is 0 Å². The van der Waals surface area contributed by atoms with Gasteiger partial charge in [0.25, 0.3) is 5.91 Å². The molecule has 3 rings (SSSR count). The van der Waals surface area contributed by atoms with Crippen molar-refractivity contribution in [3.8, 4) is 11.4 Å². The summed E-state index contributed by atoms with van der Waals surface area (Å²) in [6.07, 6.45) is -4.44. The number of carbonyl (C=O) groups excluding carboxylic acids is 1. The second-order valence-corrected chi connectivity index (χ2v) is 5.59. The van der Waals surface area contributed by atoms with Crippen LogP contribution >= 0.6 is 0 Å². The van der Waals surface area contributed by atoms with Crippen LogP contribution in [-0.4, -0.2) is 16.0 Å². The van der Waals surface area contributed by atoms with Gasteiger partial charge in [-0.3, -0.25) is 4.79 Å². The third-order valence-corrected chi connectivity index (χ3v) is 3.67. The molecule has 5 nitrogen and oxygen atoms in total. The SMILES string of the molecule is CC(NC(=O)c1ccc(C(F)(F)F)cc1)c1nc(-c2ccccc2)no1. The number of carbonyl (C=O) groups is 1. The van der Waals surface area contributed by atoms with Gasteiger partial charge >= 0.3 is 6.18 Å². The number of rotatable bonds is 4. The van der Waals surface area contributed by atoms with Gasteiger partial charge in [0.15, 0.2) is 0 Å². The van der Waals surface area contributed by atoms with Crippen molar-refractivity contribution >= 4 is 5.91 Å². The van der Waals surface area contributed by atoms with E-state index in [1.807, 2.05) is 30.3 Å². The molecule has 0 bridgehead atoms. The van der Waals surface area contributed by atoms with Crippen LogP contribution in [0.4, 0.5) is 13.2 Å². The molecule has 1 unspecified atom stereocenters. The summed E-state index contributed by atoms with van der Waals surface area (Å²) in [6.45, 7) is 1.64. The molecule has 0 radical (unpaired) electrons. The van der Waals surface area contributed by atoms with Gasteiger partial charge in [-0.2, -0.15) is 18.2 Å². The van der Waals surface area contributed by atoms with Crippen LogP contribution in [0.25, 0.3) is 11.4 Å². The Kier molecular flexibility index (Phi) is 4.75. The summed E-state index contributed by atoms with van der Waals surface area (Å²) in [5, 5.41) is 6.48. The molecule has 1 aromatic heterocycles. The van der Waals surface area contributed by atoms with Crippen molar-refractivity contribution in [1.29, 1.82) is 0 Å². The lowest BCUT2D eigenvalue weighted by atomic mass is 10.1. The molecule has 2 aromatic carbocycles. The molecular formula is C18H14F3N3O2. The van der Waals surface area contributed by atoms with Crippen LogP contribution in [0.1, 0.15) is 34.8 Å². The summed E-state index contributed by atoms with van der Waals surface area (Å²) >= 11 is 0. The molecule has 3 aromatic rings. The minimum absolute atomic E-state index is 0.104. The van der Waals surface area contributed by atoms with E-state index in [1.54, 1.807) is 6.92 Å². The van der Waals surface area contributed by atoms with Crippen molar-refractivity contribution in [2.75, 3.05) is 0 Å². The minimum Gasteiger partial charge on any atom is -0.341 e. The van der Waals surface area contributed by atoms with E-state index in [2.05, 4.69) is 15.5 Å². The minimum atomic E-state index is -4.44. The number of alkyl halides is 3. The van der Waals surface area contributed by atoms with E-state index >= 15 is 0 Å². The highest BCUT2D eigenvalue weighted by Crippen LogP contribution is 2.29. The quantitative estimate of drug-likeness (QED) is 0.754. The van der Waals surface area contributed by atoms with Crippen molar-refractivity contribution in [1.82, 2.24) is 15.5 Å². The zero-order valence-electron chi connectivity index (χ0n) is 13.6. The molecule has 1 heterocycles. The Morgan fingerprint density at radius 3 is 2.35 bits per heavy atom. The third kappa shape index (κ3) is 3.90. The van der Waals surface area contributed by atoms with E-state index in [0.717, 1.165) is 29.8 Å². The van der Waals surface area contributed by atoms with Crippen molar-refractivity contribution in [3.05, 3.63) is 71.6 Å². The van der Waals surface area contributed by atoms with Crippen molar-refractivity contribution in [2.45, 2.75) is 19.1 Å². The van der Waals surface area contributed by atoms with E-state index in [-0.39, 0.29) is 11.5 Å². The standard InChI is InChI=1S/C18H14F3N3O2/c1-11(17-23-15(24-26-17)12-5-3-2-4-6-12)22-16(25)13-7-9-14(10-8-13)18(19,20)21/h2-11H,1H3,(H,22,25). The largest absolute Gasteiger partial charge is 0.416 e. The molecule has 0 aliphatic carbocycles. The molecule has 134 valence electrons. The number of hydrogen-bond acceptors (Lipinski definition) is 4. The molecule has 0 saturated carbocycles. The smallest absolute Gasteiger partial charge is 0.341 e. The molecule has 0 spiro atoms. The van der Waals surface area contributed by atoms with Gasteiger partial charge in [0.1, 0.15) is 6.04 Å². The van der Waals surface area contributed by atoms with Gasteiger partial charge in [-0.15, -0.1) is 0 Å². The Morgan fingerprint density at radius 2 is 1.73 bits per heavy atom. The Hall–Kier alpha value is -3.16. The zero-order valence-corrected chi connectivity index (χ0v) is 13.6. The van der Waals surface area contributed by atoms with Crippen molar-refractivity contribution < 1.29 is 22.5 Å². The van der Waals surface area contributed by atoms with Crippen LogP contribution in [-0.2, 0) is 6.18 Å². The summed E-state index contributed by atoms with van der Waals surface area (Å²) in [5.74, 6) is 0.0472. The van der Waals surface area contributed by atoms with Crippen LogP contribution in [0.2, 0.25) is 0 Å². The monoisotopic (exact) mass is 361 g/mol. The summed E-state index contributed by atoms with van der Waals surface area (Å²) in [7, 11) is 0. The van der Waals surface area contributed by atoms with Gasteiger partial charge in [0, 0.05) is 11.1 Å². The average molecular weight is 361 g/mol. The van der Waals surface area contributed by atoms with Crippen LogP contribution in [0.3, 0.4) is 0 Å². The first-order chi connectivity index (χ1) is 12.3. The normalized spacial score (nSPS) is 12.6. The van der Waals surface area contributed by atoms with Crippen molar-refractivity contribution in [3.63, 3.8) is 0 Å². The maximum absolute atomic E-state index is 12.6. The fraction of sp³-hybridized carbons (Fsp3) is 0.167. The molecule has 0 fully saturated rings. The van der Waals surface area contributed by atoms with Gasteiger partial charge in [-0.05, 0) is 31.2 Å². The first-order valence-electron chi connectivity index (χ1n) is 7.72. The highest BCUT2D eigenvalue weighted by atomic mass is 19.4. The van der Waals surface area contributed by atoms with E-state index in [9.17, 15) is 18.0 Å². The zero-order chi connectivity index (χ0) is 18.7. The molecule has 1 atom stereocenters. The third-order valence-electron chi connectivity index (χ3n) is 3.67. The highest BCUT2D eigenvalue weighted by Gasteiger charge is 2.30. The van der Waals surface area contributed by atoms with Crippen LogP contribution in [0.15, 0.2) is 59.1 Å². The Labute approximate surface area is 146 Å². The number of amides is 1. The number of benzene rings is 2. The number of hydrogen-bond donors (Lipinski definition) is 1. The molecular weight excluding hydrogens is 347 g/mol. The molecule has 0 aliphatic heterocycles. The lowest BCUT2D eigenvalue weighted by molar-refractivity contribution is -0.137. The second-order valence-electron chi connectivity index (χ2n) is 5.59. The lowest BCUT2D eigenvalue weighted by Gasteiger charge is -2.11. The topological polar surface area (TPSA) is 68.0 Å². The van der Waals surface area contributed by atoms with Gasteiger partial charge < -0.3 is 9.84 Å². The van der Waals surface area contributed by atoms with E-state index in [0.29, 0.717) is 5.82 Å². The Morgan fingerprint density at radius 1 is 1.08 bits per heavy atom. The summed E-state index contributed by atoms with van der Waals surface area (Å²) in [6, 6.07) is 12.5. The number of halogens is 3. The molecule has 0 aliphatic rings. The van der Waals surface area contributed by atoms with E-state index in [4.69, 9.17) is 4.52 Å². The number of aromatic nitrogens is 2. The first kappa shape index (κ1) is 17.7. The predicted octanol–water partition coefficient (Wildman–Crippen LogP) is 4.25. The lowest BCUT2D eigenvalue weighted by Crippen LogP contribution is -2.26. The molecule has 1 N–H and O–H groups in total. The Bertz CT molecular complexity index is 890. The molecule has 0 saturated heterocycles. The van der Waals surface area contributed by atoms with Gasteiger partial charge in [0.2, 0.25) is 11.7 Å². The predicted molar refractivity (Wildman–Crippen MR) is 87.1 cm³/mol. The summed E-state index contributed by atoms with van der Waals surface area (Å²) in [5.41, 5.74) is 0.0583. The molecule has 8 heteroatoms. The number of nitrogens with zero attached hydrogens (tertiary/aromatic N) is 2. The fourth-order valence-electron chi connectivity index (χ4n) is 2.27. The van der Waals surface area contributed by atoms with E-state index in [1.165, 1.54) is 0 Å². The van der Waals surface area contributed by atoms with Crippen LogP contribution in [0.5, 0.6) is 0 Å². The summed E-state index contributed by atoms with van der Waals surface area (Å²) < 4.78 is 42.9. The van der Waals surface area contributed by atoms with Crippen LogP contribution in [0, 0.1) is 0 Å². The highest BCUT2D eigenvalue weighted by molar-refractivity contribution is 5.94. The van der Waals surface area contributed by atoms with Gasteiger partial charge in [-0.1, -0.05) is 35.5 Å². The maximum atomic E-state index is 12.6. The Balaban J connectivity index is 1.69. The second kappa shape index (κ2) is 6.99. The molecule has 1 amide bonds. The first-order valence-corrected chi connectivity index (χ1v) is 7.72. The van der Waals surface area contributed by atoms with E-state index < -0.39 is 23.7 Å². The van der Waals surface area contributed by atoms with Gasteiger partial charge in [0.05, 0.1) is 5.56 Å². The number of nitrogens with one attached hydrogen (secondary N) is 1. The maximum Gasteiger partial charge on any atom is 0.416 e. The van der Waals surface area contributed by atoms with Crippen LogP contribution < -0.4 is 5.32 Å². The average Bonchev–Trinajstić information content (AvgIpc) is 3.12. The molecule has 26 heavy (non-hydrogen) atoms.